The zero-order valence-corrected chi connectivity index (χ0v) is 9.13. The van der Waals surface area contributed by atoms with Crippen molar-refractivity contribution in [2.75, 3.05) is 5.32 Å². The zero-order valence-electron chi connectivity index (χ0n) is 9.13. The molecule has 0 spiro atoms. The van der Waals surface area contributed by atoms with Gasteiger partial charge in [0.25, 0.3) is 5.78 Å². The Morgan fingerprint density at radius 2 is 2.06 bits per heavy atom. The average Bonchev–Trinajstić information content (AvgIpc) is 2.74. The normalized spacial score (nSPS) is 17.8. The molecule has 3 rings (SSSR count). The van der Waals surface area contributed by atoms with E-state index in [0.29, 0.717) is 11.8 Å². The highest BCUT2D eigenvalue weighted by Gasteiger charge is 2.15. The number of nitrogens with zero attached hydrogens (tertiary/aromatic N) is 4. The lowest BCUT2D eigenvalue weighted by atomic mass is 9.96. The fourth-order valence-corrected chi connectivity index (χ4v) is 2.27. The summed E-state index contributed by atoms with van der Waals surface area (Å²) in [6, 6.07) is 2.43. The van der Waals surface area contributed by atoms with E-state index in [-0.39, 0.29) is 0 Å². The maximum atomic E-state index is 4.14. The van der Waals surface area contributed by atoms with Crippen LogP contribution in [0.15, 0.2) is 18.5 Å². The first-order chi connectivity index (χ1) is 7.93. The van der Waals surface area contributed by atoms with Crippen LogP contribution in [0.1, 0.15) is 32.1 Å². The van der Waals surface area contributed by atoms with Gasteiger partial charge in [-0.1, -0.05) is 19.3 Å². The molecule has 5 nitrogen and oxygen atoms in total. The quantitative estimate of drug-likeness (QED) is 0.834. The van der Waals surface area contributed by atoms with E-state index < -0.39 is 0 Å². The van der Waals surface area contributed by atoms with Crippen LogP contribution in [0.3, 0.4) is 0 Å². The van der Waals surface area contributed by atoms with Crippen molar-refractivity contribution in [2.45, 2.75) is 38.1 Å². The van der Waals surface area contributed by atoms with Crippen molar-refractivity contribution in [3.8, 4) is 0 Å². The summed E-state index contributed by atoms with van der Waals surface area (Å²) in [6.45, 7) is 0. The Hall–Kier alpha value is -1.65. The minimum absolute atomic E-state index is 0.543. The summed E-state index contributed by atoms with van der Waals surface area (Å²) in [6.07, 6.45) is 10.1. The summed E-state index contributed by atoms with van der Waals surface area (Å²) in [5.41, 5.74) is 0. The molecule has 0 bridgehead atoms. The first kappa shape index (κ1) is 9.57. The first-order valence-electron chi connectivity index (χ1n) is 5.86. The molecule has 1 N–H and O–H groups in total. The van der Waals surface area contributed by atoms with Gasteiger partial charge in [-0.25, -0.2) is 4.98 Å². The van der Waals surface area contributed by atoms with E-state index in [1.54, 1.807) is 6.20 Å². The van der Waals surface area contributed by atoms with Crippen LogP contribution >= 0.6 is 0 Å². The fraction of sp³-hybridized carbons (Fsp3) is 0.545. The number of aromatic nitrogens is 4. The molecule has 1 fully saturated rings. The van der Waals surface area contributed by atoms with Gasteiger partial charge in [0.15, 0.2) is 0 Å². The van der Waals surface area contributed by atoms with Crippen LogP contribution in [0.25, 0.3) is 5.78 Å². The van der Waals surface area contributed by atoms with E-state index >= 15 is 0 Å². The topological polar surface area (TPSA) is 55.1 Å². The molecule has 1 aliphatic carbocycles. The second-order valence-corrected chi connectivity index (χ2v) is 4.29. The molecular weight excluding hydrogens is 202 g/mol. The molecule has 5 heteroatoms. The number of hydrogen-bond acceptors (Lipinski definition) is 4. The van der Waals surface area contributed by atoms with Crippen LogP contribution in [0, 0.1) is 0 Å². The largest absolute Gasteiger partial charge is 0.351 e. The van der Waals surface area contributed by atoms with Gasteiger partial charge in [-0.3, -0.25) is 4.40 Å². The molecule has 2 heterocycles. The maximum absolute atomic E-state index is 4.14. The molecule has 0 unspecified atom stereocenters. The summed E-state index contributed by atoms with van der Waals surface area (Å²) >= 11 is 0. The summed E-state index contributed by atoms with van der Waals surface area (Å²) < 4.78 is 1.90. The lowest BCUT2D eigenvalue weighted by molar-refractivity contribution is 0.460. The van der Waals surface area contributed by atoms with Gasteiger partial charge in [0.2, 0.25) is 5.95 Å². The summed E-state index contributed by atoms with van der Waals surface area (Å²) in [5.74, 6) is 1.47. The van der Waals surface area contributed by atoms with Crippen molar-refractivity contribution < 1.29 is 0 Å². The molecule has 1 aliphatic rings. The highest BCUT2D eigenvalue weighted by molar-refractivity contribution is 5.38. The van der Waals surface area contributed by atoms with Gasteiger partial charge in [0.05, 0.1) is 0 Å². The maximum Gasteiger partial charge on any atom is 0.256 e. The highest BCUT2D eigenvalue weighted by Crippen LogP contribution is 2.20. The molecule has 84 valence electrons. The Morgan fingerprint density at radius 1 is 1.19 bits per heavy atom. The van der Waals surface area contributed by atoms with Crippen molar-refractivity contribution in [3.63, 3.8) is 0 Å². The number of nitrogens with one attached hydrogen (secondary N) is 1. The second kappa shape index (κ2) is 4.08. The van der Waals surface area contributed by atoms with Gasteiger partial charge in [-0.2, -0.15) is 0 Å². The Labute approximate surface area is 93.9 Å². The first-order valence-corrected chi connectivity index (χ1v) is 5.86. The van der Waals surface area contributed by atoms with E-state index in [9.17, 15) is 0 Å². The molecule has 1 saturated carbocycles. The summed E-state index contributed by atoms with van der Waals surface area (Å²) in [7, 11) is 0. The monoisotopic (exact) mass is 217 g/mol. The Morgan fingerprint density at radius 3 is 2.94 bits per heavy atom. The van der Waals surface area contributed by atoms with E-state index in [2.05, 4.69) is 20.5 Å². The second-order valence-electron chi connectivity index (χ2n) is 4.29. The van der Waals surface area contributed by atoms with Crippen molar-refractivity contribution in [1.29, 1.82) is 0 Å². The van der Waals surface area contributed by atoms with Crippen LogP contribution in [0.2, 0.25) is 0 Å². The number of fused-ring (bicyclic) bond motifs is 1. The zero-order chi connectivity index (χ0) is 10.8. The molecule has 16 heavy (non-hydrogen) atoms. The standard InChI is InChI=1S/C11H15N5/c1-2-5-9(6-3-1)13-11-15-14-10-12-7-4-8-16(10)11/h4,7-9H,1-3,5-6H2,(H,13,15). The minimum Gasteiger partial charge on any atom is -0.351 e. The highest BCUT2D eigenvalue weighted by atomic mass is 15.3. The molecule has 0 amide bonds. The molecule has 0 atom stereocenters. The third-order valence-corrected chi connectivity index (χ3v) is 3.13. The minimum atomic E-state index is 0.543. The molecular formula is C11H15N5. The molecule has 0 aromatic carbocycles. The molecule has 2 aromatic rings. The van der Waals surface area contributed by atoms with Crippen molar-refractivity contribution in [2.24, 2.45) is 0 Å². The van der Waals surface area contributed by atoms with Gasteiger partial charge in [-0.05, 0) is 18.9 Å². The Kier molecular flexibility index (Phi) is 2.44. The number of anilines is 1. The average molecular weight is 217 g/mol. The van der Waals surface area contributed by atoms with Crippen LogP contribution in [0.5, 0.6) is 0 Å². The Bertz CT molecular complexity index is 472. The van der Waals surface area contributed by atoms with Gasteiger partial charge in [-0.15, -0.1) is 10.2 Å². The fourth-order valence-electron chi connectivity index (χ4n) is 2.27. The van der Waals surface area contributed by atoms with E-state index in [4.69, 9.17) is 0 Å². The van der Waals surface area contributed by atoms with Gasteiger partial charge >= 0.3 is 0 Å². The van der Waals surface area contributed by atoms with E-state index in [1.165, 1.54) is 32.1 Å². The smallest absolute Gasteiger partial charge is 0.256 e. The number of rotatable bonds is 2. The summed E-state index contributed by atoms with van der Waals surface area (Å²) in [5, 5.41) is 11.6. The number of hydrogen-bond donors (Lipinski definition) is 1. The van der Waals surface area contributed by atoms with Crippen LogP contribution in [0.4, 0.5) is 5.95 Å². The predicted octanol–water partition coefficient (Wildman–Crippen LogP) is 1.87. The van der Waals surface area contributed by atoms with Crippen molar-refractivity contribution in [1.82, 2.24) is 19.6 Å². The van der Waals surface area contributed by atoms with Crippen LogP contribution in [-0.4, -0.2) is 25.6 Å². The van der Waals surface area contributed by atoms with Crippen molar-refractivity contribution >= 4 is 11.7 Å². The lowest BCUT2D eigenvalue weighted by Gasteiger charge is -2.22. The van der Waals surface area contributed by atoms with Gasteiger partial charge in [0, 0.05) is 18.4 Å². The van der Waals surface area contributed by atoms with Gasteiger partial charge < -0.3 is 5.32 Å². The summed E-state index contributed by atoms with van der Waals surface area (Å²) in [4.78, 5) is 4.14. The lowest BCUT2D eigenvalue weighted by Crippen LogP contribution is -2.23. The van der Waals surface area contributed by atoms with Crippen LogP contribution < -0.4 is 5.32 Å². The van der Waals surface area contributed by atoms with Gasteiger partial charge in [0.1, 0.15) is 0 Å². The SMILES string of the molecule is c1cnc2nnc(NC3CCCCC3)n2c1. The molecule has 0 saturated heterocycles. The van der Waals surface area contributed by atoms with E-state index in [1.807, 2.05) is 16.7 Å². The third-order valence-electron chi connectivity index (χ3n) is 3.13. The predicted molar refractivity (Wildman–Crippen MR) is 61.3 cm³/mol. The molecule has 2 aromatic heterocycles. The molecule has 0 aliphatic heterocycles. The third kappa shape index (κ3) is 1.73. The molecule has 0 radical (unpaired) electrons. The van der Waals surface area contributed by atoms with Crippen molar-refractivity contribution in [3.05, 3.63) is 18.5 Å². The Balaban J connectivity index is 1.83. The van der Waals surface area contributed by atoms with Crippen LogP contribution in [-0.2, 0) is 0 Å². The van der Waals surface area contributed by atoms with E-state index in [0.717, 1.165) is 5.95 Å².